The summed E-state index contributed by atoms with van der Waals surface area (Å²) < 4.78 is 2.09. The monoisotopic (exact) mass is 405 g/mol. The van der Waals surface area contributed by atoms with Gasteiger partial charge in [0.25, 0.3) is 11.6 Å². The number of nitrogens with zero attached hydrogens (tertiary/aromatic N) is 5. The maximum Gasteiger partial charge on any atom is 0.276 e. The van der Waals surface area contributed by atoms with E-state index < -0.39 is 4.92 Å². The minimum absolute atomic E-state index is 0.0555. The number of benzene rings is 1. The first-order valence-corrected chi connectivity index (χ1v) is 9.30. The zero-order valence-corrected chi connectivity index (χ0v) is 16.2. The van der Waals surface area contributed by atoms with E-state index in [1.807, 2.05) is 13.0 Å². The van der Waals surface area contributed by atoms with Crippen molar-refractivity contribution in [3.8, 4) is 5.69 Å². The zero-order valence-electron chi connectivity index (χ0n) is 14.6. The number of non-ortho nitro benzene ring substituents is 1. The molecule has 0 aliphatic heterocycles. The van der Waals surface area contributed by atoms with Crippen LogP contribution < -0.4 is 0 Å². The van der Waals surface area contributed by atoms with Crippen LogP contribution in [0, 0.1) is 17.0 Å². The molecule has 0 saturated carbocycles. The largest absolute Gasteiger partial charge is 0.332 e. The van der Waals surface area contributed by atoms with E-state index in [1.54, 1.807) is 30.0 Å². The summed E-state index contributed by atoms with van der Waals surface area (Å²) in [5.41, 5.74) is 1.15. The standard InChI is InChI=1S/C17H16ClN5O3S/c1-3-21(10-14-7-8-15(18)27-14)17(24)16-11(2)22(20-19-16)12-5-4-6-13(9-12)23(25)26/h4-9H,3,10H2,1-2H3. The Morgan fingerprint density at radius 1 is 1.37 bits per heavy atom. The molecule has 3 rings (SSSR count). The number of hydrogen-bond donors (Lipinski definition) is 0. The Balaban J connectivity index is 1.88. The van der Waals surface area contributed by atoms with Crippen molar-refractivity contribution in [2.75, 3.05) is 6.54 Å². The fourth-order valence-electron chi connectivity index (χ4n) is 2.61. The third-order valence-electron chi connectivity index (χ3n) is 4.03. The van der Waals surface area contributed by atoms with E-state index in [9.17, 15) is 14.9 Å². The van der Waals surface area contributed by atoms with Crippen LogP contribution in [0.25, 0.3) is 5.69 Å². The summed E-state index contributed by atoms with van der Waals surface area (Å²) in [5, 5.41) is 19.0. The average Bonchev–Trinajstić information content (AvgIpc) is 3.24. The van der Waals surface area contributed by atoms with Gasteiger partial charge in [-0.2, -0.15) is 0 Å². The molecule has 1 amide bonds. The second kappa shape index (κ2) is 7.85. The Hall–Kier alpha value is -2.78. The SMILES string of the molecule is CCN(Cc1ccc(Cl)s1)C(=O)c1nnn(-c2cccc([N+](=O)[O-])c2)c1C. The van der Waals surface area contributed by atoms with Crippen molar-refractivity contribution >= 4 is 34.5 Å². The fourth-order valence-corrected chi connectivity index (χ4v) is 3.72. The van der Waals surface area contributed by atoms with E-state index in [0.29, 0.717) is 28.8 Å². The summed E-state index contributed by atoms with van der Waals surface area (Å²) in [5.74, 6) is -0.254. The lowest BCUT2D eigenvalue weighted by Gasteiger charge is -2.19. The van der Waals surface area contributed by atoms with Crippen LogP contribution in [0.15, 0.2) is 36.4 Å². The molecule has 0 aliphatic rings. The fraction of sp³-hybridized carbons (Fsp3) is 0.235. The van der Waals surface area contributed by atoms with Gasteiger partial charge in [-0.15, -0.1) is 16.4 Å². The smallest absolute Gasteiger partial charge is 0.276 e. The summed E-state index contributed by atoms with van der Waals surface area (Å²) in [6.45, 7) is 4.52. The molecule has 8 nitrogen and oxygen atoms in total. The minimum atomic E-state index is -0.479. The Morgan fingerprint density at radius 3 is 2.78 bits per heavy atom. The molecule has 27 heavy (non-hydrogen) atoms. The van der Waals surface area contributed by atoms with E-state index in [-0.39, 0.29) is 17.3 Å². The number of nitro groups is 1. The van der Waals surface area contributed by atoms with Crippen molar-refractivity contribution in [2.24, 2.45) is 0 Å². The number of carbonyl (C=O) groups is 1. The maximum absolute atomic E-state index is 12.9. The van der Waals surface area contributed by atoms with Crippen LogP contribution in [0.5, 0.6) is 0 Å². The highest BCUT2D eigenvalue weighted by molar-refractivity contribution is 7.16. The summed E-state index contributed by atoms with van der Waals surface area (Å²) in [4.78, 5) is 26.0. The van der Waals surface area contributed by atoms with Gasteiger partial charge in [0.05, 0.1) is 27.2 Å². The quantitative estimate of drug-likeness (QED) is 0.458. The van der Waals surface area contributed by atoms with Gasteiger partial charge in [0.15, 0.2) is 5.69 Å². The van der Waals surface area contributed by atoms with Crippen molar-refractivity contribution in [3.63, 3.8) is 0 Å². The predicted octanol–water partition coefficient (Wildman–Crippen LogP) is 3.86. The Labute approximate surface area is 164 Å². The lowest BCUT2D eigenvalue weighted by atomic mass is 10.2. The zero-order chi connectivity index (χ0) is 19.6. The maximum atomic E-state index is 12.9. The van der Waals surface area contributed by atoms with Crippen LogP contribution in [-0.4, -0.2) is 37.3 Å². The number of aromatic nitrogens is 3. The van der Waals surface area contributed by atoms with E-state index in [1.165, 1.54) is 28.2 Å². The van der Waals surface area contributed by atoms with Crippen molar-refractivity contribution in [1.29, 1.82) is 0 Å². The number of thiophene rings is 1. The molecule has 10 heteroatoms. The lowest BCUT2D eigenvalue weighted by molar-refractivity contribution is -0.384. The Bertz CT molecular complexity index is 1000. The van der Waals surface area contributed by atoms with Crippen LogP contribution >= 0.6 is 22.9 Å². The minimum Gasteiger partial charge on any atom is -0.332 e. The number of amides is 1. The lowest BCUT2D eigenvalue weighted by Crippen LogP contribution is -2.30. The second-order valence-electron chi connectivity index (χ2n) is 5.74. The molecule has 140 valence electrons. The van der Waals surface area contributed by atoms with Crippen molar-refractivity contribution in [3.05, 3.63) is 67.1 Å². The molecule has 0 unspecified atom stereocenters. The van der Waals surface area contributed by atoms with E-state index in [2.05, 4.69) is 10.3 Å². The number of halogens is 1. The van der Waals surface area contributed by atoms with E-state index in [4.69, 9.17) is 11.6 Å². The summed E-state index contributed by atoms with van der Waals surface area (Å²) in [6.07, 6.45) is 0. The third-order valence-corrected chi connectivity index (χ3v) is 5.24. The molecule has 0 fully saturated rings. The summed E-state index contributed by atoms with van der Waals surface area (Å²) in [7, 11) is 0. The van der Waals surface area contributed by atoms with Gasteiger partial charge >= 0.3 is 0 Å². The Morgan fingerprint density at radius 2 is 2.15 bits per heavy atom. The van der Waals surface area contributed by atoms with Crippen LogP contribution in [-0.2, 0) is 6.54 Å². The molecule has 0 spiro atoms. The Kier molecular flexibility index (Phi) is 5.52. The van der Waals surface area contributed by atoms with Crippen LogP contribution in [0.4, 0.5) is 5.69 Å². The van der Waals surface area contributed by atoms with Crippen molar-refractivity contribution in [1.82, 2.24) is 19.9 Å². The highest BCUT2D eigenvalue weighted by Gasteiger charge is 2.23. The molecule has 3 aromatic rings. The van der Waals surface area contributed by atoms with Gasteiger partial charge in [-0.3, -0.25) is 14.9 Å². The first kappa shape index (κ1) is 19.0. The molecule has 0 N–H and O–H groups in total. The number of carbonyl (C=O) groups excluding carboxylic acids is 1. The second-order valence-corrected chi connectivity index (χ2v) is 7.54. The molecule has 0 saturated heterocycles. The molecule has 2 heterocycles. The van der Waals surface area contributed by atoms with Crippen LogP contribution in [0.3, 0.4) is 0 Å². The number of rotatable bonds is 6. The van der Waals surface area contributed by atoms with Gasteiger partial charge in [0.2, 0.25) is 0 Å². The van der Waals surface area contributed by atoms with Gasteiger partial charge < -0.3 is 4.90 Å². The molecular formula is C17H16ClN5O3S. The highest BCUT2D eigenvalue weighted by atomic mass is 35.5. The number of hydrogen-bond acceptors (Lipinski definition) is 6. The van der Waals surface area contributed by atoms with Gasteiger partial charge in [-0.1, -0.05) is 22.9 Å². The molecule has 2 aromatic heterocycles. The summed E-state index contributed by atoms with van der Waals surface area (Å²) in [6, 6.07) is 9.70. The van der Waals surface area contributed by atoms with E-state index >= 15 is 0 Å². The number of nitro benzene ring substituents is 1. The average molecular weight is 406 g/mol. The van der Waals surface area contributed by atoms with Crippen molar-refractivity contribution in [2.45, 2.75) is 20.4 Å². The first-order chi connectivity index (χ1) is 12.9. The normalized spacial score (nSPS) is 10.8. The third kappa shape index (κ3) is 3.99. The van der Waals surface area contributed by atoms with Crippen LogP contribution in [0.1, 0.15) is 28.0 Å². The van der Waals surface area contributed by atoms with Gasteiger partial charge in [-0.05, 0) is 32.0 Å². The van der Waals surface area contributed by atoms with Gasteiger partial charge in [0.1, 0.15) is 0 Å². The van der Waals surface area contributed by atoms with Gasteiger partial charge in [0, 0.05) is 23.6 Å². The topological polar surface area (TPSA) is 94.2 Å². The molecule has 0 radical (unpaired) electrons. The highest BCUT2D eigenvalue weighted by Crippen LogP contribution is 2.24. The molecular weight excluding hydrogens is 390 g/mol. The predicted molar refractivity (Wildman–Crippen MR) is 102 cm³/mol. The van der Waals surface area contributed by atoms with E-state index in [0.717, 1.165) is 4.88 Å². The molecule has 0 atom stereocenters. The molecule has 0 bridgehead atoms. The van der Waals surface area contributed by atoms with Gasteiger partial charge in [-0.25, -0.2) is 4.68 Å². The molecule has 1 aromatic carbocycles. The molecule has 0 aliphatic carbocycles. The first-order valence-electron chi connectivity index (χ1n) is 8.11. The van der Waals surface area contributed by atoms with Crippen LogP contribution in [0.2, 0.25) is 4.34 Å². The van der Waals surface area contributed by atoms with Crippen molar-refractivity contribution < 1.29 is 9.72 Å². The summed E-state index contributed by atoms with van der Waals surface area (Å²) >= 11 is 7.38.